The average molecular weight is 292 g/mol. The fourth-order valence-corrected chi connectivity index (χ4v) is 2.87. The highest BCUT2D eigenvalue weighted by atomic mass is 32.2. The van der Waals surface area contributed by atoms with Crippen molar-refractivity contribution in [3.8, 4) is 0 Å². The predicted molar refractivity (Wildman–Crippen MR) is 71.3 cm³/mol. The first-order valence-electron chi connectivity index (χ1n) is 5.68. The number of sulfonamides is 1. The summed E-state index contributed by atoms with van der Waals surface area (Å²) >= 11 is 0. The molecule has 0 spiro atoms. The zero-order valence-corrected chi connectivity index (χ0v) is 12.2. The number of halogens is 2. The van der Waals surface area contributed by atoms with Crippen molar-refractivity contribution >= 4 is 15.7 Å². The maximum Gasteiger partial charge on any atom is 0.252 e. The lowest BCUT2D eigenvalue weighted by atomic mass is 10.2. The highest BCUT2D eigenvalue weighted by molar-refractivity contribution is 7.89. The maximum absolute atomic E-state index is 12.3. The number of anilines is 1. The van der Waals surface area contributed by atoms with Crippen molar-refractivity contribution in [1.82, 2.24) is 4.31 Å². The molecule has 108 valence electrons. The lowest BCUT2D eigenvalue weighted by molar-refractivity contribution is 0.126. The van der Waals surface area contributed by atoms with Gasteiger partial charge in [-0.1, -0.05) is 6.07 Å². The molecule has 0 aromatic heterocycles. The summed E-state index contributed by atoms with van der Waals surface area (Å²) in [5, 5.41) is 0. The average Bonchev–Trinajstić information content (AvgIpc) is 2.27. The monoisotopic (exact) mass is 292 g/mol. The summed E-state index contributed by atoms with van der Waals surface area (Å²) in [6.45, 7) is 1.04. The van der Waals surface area contributed by atoms with Crippen LogP contribution in [0.25, 0.3) is 0 Å². The number of hydrogen-bond acceptors (Lipinski definition) is 3. The molecule has 0 saturated carbocycles. The van der Waals surface area contributed by atoms with Crippen LogP contribution in [0.1, 0.15) is 5.56 Å². The quantitative estimate of drug-likeness (QED) is 0.833. The van der Waals surface area contributed by atoms with Crippen LogP contribution in [-0.4, -0.2) is 46.8 Å². The Morgan fingerprint density at radius 1 is 1.21 bits per heavy atom. The molecule has 0 radical (unpaired) electrons. The minimum atomic E-state index is -3.88. The highest BCUT2D eigenvalue weighted by Crippen LogP contribution is 2.24. The zero-order valence-electron chi connectivity index (χ0n) is 11.4. The van der Waals surface area contributed by atoms with E-state index < -0.39 is 23.0 Å². The summed E-state index contributed by atoms with van der Waals surface area (Å²) in [5.41, 5.74) is 1.66. The van der Waals surface area contributed by atoms with Gasteiger partial charge in [-0.2, -0.15) is 4.31 Å². The van der Waals surface area contributed by atoms with E-state index in [9.17, 15) is 17.2 Å². The van der Waals surface area contributed by atoms with Crippen LogP contribution < -0.4 is 4.90 Å². The zero-order chi connectivity index (χ0) is 14.8. The Hall–Kier alpha value is -1.21. The van der Waals surface area contributed by atoms with Crippen LogP contribution in [0.15, 0.2) is 23.1 Å². The lowest BCUT2D eigenvalue weighted by Crippen LogP contribution is -2.31. The molecule has 0 fully saturated rings. The van der Waals surface area contributed by atoms with E-state index in [2.05, 4.69) is 0 Å². The molecule has 7 heteroatoms. The first kappa shape index (κ1) is 15.8. The van der Waals surface area contributed by atoms with Gasteiger partial charge in [-0.05, 0) is 24.6 Å². The van der Waals surface area contributed by atoms with Crippen molar-refractivity contribution in [2.24, 2.45) is 0 Å². The van der Waals surface area contributed by atoms with E-state index in [1.54, 1.807) is 25.1 Å². The number of rotatable bonds is 5. The molecule has 0 unspecified atom stereocenters. The summed E-state index contributed by atoms with van der Waals surface area (Å²) in [7, 11) is 0.856. The molecule has 0 aliphatic rings. The Morgan fingerprint density at radius 3 is 2.26 bits per heavy atom. The van der Waals surface area contributed by atoms with E-state index in [1.807, 2.05) is 6.92 Å². The van der Waals surface area contributed by atoms with Crippen LogP contribution in [0.2, 0.25) is 0 Å². The van der Waals surface area contributed by atoms with Gasteiger partial charge in [0, 0.05) is 26.8 Å². The molecule has 0 amide bonds. The van der Waals surface area contributed by atoms with Crippen molar-refractivity contribution < 1.29 is 17.2 Å². The molecule has 19 heavy (non-hydrogen) atoms. The van der Waals surface area contributed by atoms with Crippen LogP contribution in [0.4, 0.5) is 14.5 Å². The molecule has 0 aliphatic heterocycles. The maximum atomic E-state index is 12.3. The number of hydrogen-bond donors (Lipinski definition) is 0. The van der Waals surface area contributed by atoms with Gasteiger partial charge >= 0.3 is 0 Å². The molecule has 1 rings (SSSR count). The van der Waals surface area contributed by atoms with Gasteiger partial charge in [0.15, 0.2) is 0 Å². The van der Waals surface area contributed by atoms with Crippen LogP contribution >= 0.6 is 0 Å². The van der Waals surface area contributed by atoms with Gasteiger partial charge in [0.05, 0.1) is 11.4 Å². The summed E-state index contributed by atoms with van der Waals surface area (Å²) in [6.07, 6.45) is -2.70. The van der Waals surface area contributed by atoms with Gasteiger partial charge in [-0.15, -0.1) is 0 Å². The Morgan fingerprint density at radius 2 is 1.79 bits per heavy atom. The normalized spacial score (nSPS) is 12.2. The molecule has 4 nitrogen and oxygen atoms in total. The third-order valence-corrected chi connectivity index (χ3v) is 4.59. The first-order valence-corrected chi connectivity index (χ1v) is 7.12. The second-order valence-electron chi connectivity index (χ2n) is 4.52. The third-order valence-electron chi connectivity index (χ3n) is 2.77. The third kappa shape index (κ3) is 3.63. The van der Waals surface area contributed by atoms with Gasteiger partial charge in [0.2, 0.25) is 10.0 Å². The van der Waals surface area contributed by atoms with E-state index in [4.69, 9.17) is 0 Å². The summed E-state index contributed by atoms with van der Waals surface area (Å²) in [6, 6.07) is 4.59. The van der Waals surface area contributed by atoms with Crippen molar-refractivity contribution in [3.63, 3.8) is 0 Å². The number of benzene rings is 1. The van der Waals surface area contributed by atoms with E-state index >= 15 is 0 Å². The van der Waals surface area contributed by atoms with E-state index in [-0.39, 0.29) is 4.90 Å². The smallest absolute Gasteiger partial charge is 0.252 e. The topological polar surface area (TPSA) is 40.6 Å². The minimum Gasteiger partial charge on any atom is -0.377 e. The Bertz CT molecular complexity index is 545. The number of aryl methyl sites for hydroxylation is 1. The Labute approximate surface area is 112 Å². The summed E-state index contributed by atoms with van der Waals surface area (Å²) in [4.78, 5) is 1.80. The summed E-state index contributed by atoms with van der Waals surface area (Å²) in [5.74, 6) is 0. The van der Waals surface area contributed by atoms with Gasteiger partial charge in [0.25, 0.3) is 6.43 Å². The standard InChI is InChI=1S/C12H18F2N2O2S/c1-9-5-6-10(7-11(9)15(2)3)19(17,18)16(4)8-12(13)14/h5-7,12H,8H2,1-4H3. The lowest BCUT2D eigenvalue weighted by Gasteiger charge is -2.20. The van der Waals surface area contributed by atoms with Crippen molar-refractivity contribution in [2.75, 3.05) is 32.6 Å². The van der Waals surface area contributed by atoms with Gasteiger partial charge in [-0.25, -0.2) is 17.2 Å². The van der Waals surface area contributed by atoms with E-state index in [0.717, 1.165) is 18.3 Å². The molecular weight excluding hydrogens is 274 g/mol. The van der Waals surface area contributed by atoms with Crippen LogP contribution in [0, 0.1) is 6.92 Å². The molecule has 1 aromatic rings. The second kappa shape index (κ2) is 5.83. The summed E-state index contributed by atoms with van der Waals surface area (Å²) < 4.78 is 49.5. The SMILES string of the molecule is Cc1ccc(S(=O)(=O)N(C)CC(F)F)cc1N(C)C. The highest BCUT2D eigenvalue weighted by Gasteiger charge is 2.24. The van der Waals surface area contributed by atoms with Gasteiger partial charge < -0.3 is 4.90 Å². The molecular formula is C12H18F2N2O2S. The molecule has 0 saturated heterocycles. The Balaban J connectivity index is 3.19. The molecule has 1 aromatic carbocycles. The fourth-order valence-electron chi connectivity index (χ4n) is 1.70. The molecule has 0 N–H and O–H groups in total. The van der Waals surface area contributed by atoms with Crippen molar-refractivity contribution in [1.29, 1.82) is 0 Å². The number of nitrogens with zero attached hydrogens (tertiary/aromatic N) is 2. The Kier molecular flexibility index (Phi) is 4.86. The molecule has 0 atom stereocenters. The number of alkyl halides is 2. The van der Waals surface area contributed by atoms with Crippen LogP contribution in [0.5, 0.6) is 0 Å². The molecule has 0 bridgehead atoms. The molecule has 0 aliphatic carbocycles. The molecule has 0 heterocycles. The minimum absolute atomic E-state index is 0.0185. The van der Waals surface area contributed by atoms with Gasteiger partial charge in [0.1, 0.15) is 0 Å². The predicted octanol–water partition coefficient (Wildman–Crippen LogP) is 1.95. The van der Waals surface area contributed by atoms with E-state index in [1.165, 1.54) is 12.1 Å². The van der Waals surface area contributed by atoms with Crippen LogP contribution in [0.3, 0.4) is 0 Å². The van der Waals surface area contributed by atoms with Crippen molar-refractivity contribution in [3.05, 3.63) is 23.8 Å². The van der Waals surface area contributed by atoms with Crippen molar-refractivity contribution in [2.45, 2.75) is 18.2 Å². The van der Waals surface area contributed by atoms with E-state index in [0.29, 0.717) is 4.31 Å². The second-order valence-corrected chi connectivity index (χ2v) is 6.56. The van der Waals surface area contributed by atoms with Gasteiger partial charge in [-0.3, -0.25) is 0 Å². The largest absolute Gasteiger partial charge is 0.377 e. The fraction of sp³-hybridized carbons (Fsp3) is 0.500. The van der Waals surface area contributed by atoms with Crippen LogP contribution in [-0.2, 0) is 10.0 Å². The first-order chi connectivity index (χ1) is 8.66.